The number of likely N-dealkylation sites (N-methyl/N-ethyl adjacent to an activating group) is 1. The van der Waals surface area contributed by atoms with Gasteiger partial charge in [-0.05, 0) is 36.7 Å². The van der Waals surface area contributed by atoms with Crippen LogP contribution in [0.5, 0.6) is 11.5 Å². The molecule has 1 amide bonds. The standard InChI is InChI=1S/C18H19N3O3/c1-21-5-4-14-12(11-21)9-19-10-15(14)18(22)20-13-2-3-16-17(8-13)24-7-6-23-16/h2-3,8-10H,4-7,11H2,1H3,(H,20,22). The molecule has 6 heteroatoms. The van der Waals surface area contributed by atoms with Crippen LogP contribution in [-0.2, 0) is 13.0 Å². The fourth-order valence-corrected chi connectivity index (χ4v) is 3.15. The van der Waals surface area contributed by atoms with Crippen molar-refractivity contribution in [3.8, 4) is 11.5 Å². The van der Waals surface area contributed by atoms with Gasteiger partial charge in [0.1, 0.15) is 13.2 Å². The van der Waals surface area contributed by atoms with Gasteiger partial charge in [-0.2, -0.15) is 0 Å². The number of benzene rings is 1. The third-order valence-corrected chi connectivity index (χ3v) is 4.38. The molecule has 2 aromatic rings. The number of anilines is 1. The van der Waals surface area contributed by atoms with Crippen LogP contribution in [0.4, 0.5) is 5.69 Å². The highest BCUT2D eigenvalue weighted by molar-refractivity contribution is 6.05. The lowest BCUT2D eigenvalue weighted by Crippen LogP contribution is -2.29. The van der Waals surface area contributed by atoms with E-state index in [2.05, 4.69) is 22.2 Å². The van der Waals surface area contributed by atoms with E-state index < -0.39 is 0 Å². The molecule has 0 spiro atoms. The summed E-state index contributed by atoms with van der Waals surface area (Å²) < 4.78 is 11.1. The first-order valence-electron chi connectivity index (χ1n) is 8.06. The second-order valence-corrected chi connectivity index (χ2v) is 6.13. The van der Waals surface area contributed by atoms with Crippen molar-refractivity contribution in [1.29, 1.82) is 0 Å². The Hall–Kier alpha value is -2.60. The van der Waals surface area contributed by atoms with E-state index in [-0.39, 0.29) is 5.91 Å². The number of carbonyl (C=O) groups excluding carboxylic acids is 1. The fourth-order valence-electron chi connectivity index (χ4n) is 3.15. The Bertz CT molecular complexity index is 791. The Morgan fingerprint density at radius 1 is 1.21 bits per heavy atom. The lowest BCUT2D eigenvalue weighted by atomic mass is 9.97. The molecule has 0 bridgehead atoms. The number of ether oxygens (including phenoxy) is 2. The number of amides is 1. The molecule has 0 fully saturated rings. The van der Waals surface area contributed by atoms with Crippen molar-refractivity contribution in [3.63, 3.8) is 0 Å². The summed E-state index contributed by atoms with van der Waals surface area (Å²) in [4.78, 5) is 19.2. The van der Waals surface area contributed by atoms with Crippen molar-refractivity contribution in [2.75, 3.05) is 32.1 Å². The van der Waals surface area contributed by atoms with E-state index >= 15 is 0 Å². The minimum absolute atomic E-state index is 0.138. The lowest BCUT2D eigenvalue weighted by Gasteiger charge is -2.26. The number of fused-ring (bicyclic) bond motifs is 2. The van der Waals surface area contributed by atoms with Crippen LogP contribution in [0.25, 0.3) is 0 Å². The maximum Gasteiger partial charge on any atom is 0.257 e. The first-order chi connectivity index (χ1) is 11.7. The van der Waals surface area contributed by atoms with Gasteiger partial charge in [0, 0.05) is 37.2 Å². The van der Waals surface area contributed by atoms with Crippen LogP contribution in [0, 0.1) is 0 Å². The molecule has 0 saturated heterocycles. The molecule has 0 radical (unpaired) electrons. The molecule has 1 aromatic heterocycles. The largest absolute Gasteiger partial charge is 0.486 e. The fraction of sp³-hybridized carbons (Fsp3) is 0.333. The van der Waals surface area contributed by atoms with E-state index in [1.54, 1.807) is 12.3 Å². The number of rotatable bonds is 2. The summed E-state index contributed by atoms with van der Waals surface area (Å²) in [5, 5.41) is 2.94. The van der Waals surface area contributed by atoms with Gasteiger partial charge < -0.3 is 19.7 Å². The van der Waals surface area contributed by atoms with Crippen LogP contribution < -0.4 is 14.8 Å². The van der Waals surface area contributed by atoms with Gasteiger partial charge in [0.25, 0.3) is 5.91 Å². The van der Waals surface area contributed by atoms with E-state index in [1.165, 1.54) is 0 Å². The Kier molecular flexibility index (Phi) is 3.82. The van der Waals surface area contributed by atoms with Crippen molar-refractivity contribution >= 4 is 11.6 Å². The minimum Gasteiger partial charge on any atom is -0.486 e. The Labute approximate surface area is 140 Å². The van der Waals surface area contributed by atoms with E-state index in [0.717, 1.165) is 30.6 Å². The summed E-state index contributed by atoms with van der Waals surface area (Å²) >= 11 is 0. The van der Waals surface area contributed by atoms with Crippen molar-refractivity contribution in [3.05, 3.63) is 47.3 Å². The number of aromatic nitrogens is 1. The maximum atomic E-state index is 12.7. The Morgan fingerprint density at radius 2 is 2.04 bits per heavy atom. The number of nitrogens with one attached hydrogen (secondary N) is 1. The number of hydrogen-bond donors (Lipinski definition) is 1. The number of hydrogen-bond acceptors (Lipinski definition) is 5. The molecule has 0 unspecified atom stereocenters. The zero-order valence-corrected chi connectivity index (χ0v) is 13.5. The van der Waals surface area contributed by atoms with E-state index in [9.17, 15) is 4.79 Å². The average molecular weight is 325 g/mol. The van der Waals surface area contributed by atoms with Crippen molar-refractivity contribution < 1.29 is 14.3 Å². The minimum atomic E-state index is -0.138. The van der Waals surface area contributed by atoms with Crippen molar-refractivity contribution in [2.24, 2.45) is 0 Å². The van der Waals surface area contributed by atoms with Gasteiger partial charge in [-0.25, -0.2) is 0 Å². The Balaban J connectivity index is 1.58. The normalized spacial score (nSPS) is 16.4. The highest BCUT2D eigenvalue weighted by atomic mass is 16.6. The summed E-state index contributed by atoms with van der Waals surface area (Å²) in [6.07, 6.45) is 4.36. The summed E-state index contributed by atoms with van der Waals surface area (Å²) in [5.74, 6) is 1.23. The molecule has 2 aliphatic rings. The lowest BCUT2D eigenvalue weighted by molar-refractivity contribution is 0.102. The van der Waals surface area contributed by atoms with E-state index in [0.29, 0.717) is 36.0 Å². The molecule has 1 aromatic carbocycles. The number of nitrogens with zero attached hydrogens (tertiary/aromatic N) is 2. The maximum absolute atomic E-state index is 12.7. The van der Waals surface area contributed by atoms with Gasteiger partial charge in [0.15, 0.2) is 11.5 Å². The summed E-state index contributed by atoms with van der Waals surface area (Å²) in [6.45, 7) is 2.85. The molecule has 1 N–H and O–H groups in total. The van der Waals surface area contributed by atoms with Crippen LogP contribution >= 0.6 is 0 Å². The van der Waals surface area contributed by atoms with E-state index in [4.69, 9.17) is 9.47 Å². The molecule has 4 rings (SSSR count). The van der Waals surface area contributed by atoms with Crippen molar-refractivity contribution in [2.45, 2.75) is 13.0 Å². The molecule has 0 atom stereocenters. The predicted molar refractivity (Wildman–Crippen MR) is 89.7 cm³/mol. The van der Waals surface area contributed by atoms with Gasteiger partial charge >= 0.3 is 0 Å². The average Bonchev–Trinajstić information content (AvgIpc) is 2.60. The van der Waals surface area contributed by atoms with Crippen LogP contribution in [0.3, 0.4) is 0 Å². The summed E-state index contributed by atoms with van der Waals surface area (Å²) in [5.41, 5.74) is 3.56. The van der Waals surface area contributed by atoms with Crippen LogP contribution in [0.15, 0.2) is 30.6 Å². The van der Waals surface area contributed by atoms with Crippen molar-refractivity contribution in [1.82, 2.24) is 9.88 Å². The highest BCUT2D eigenvalue weighted by Gasteiger charge is 2.21. The Morgan fingerprint density at radius 3 is 2.92 bits per heavy atom. The van der Waals surface area contributed by atoms with Gasteiger partial charge in [-0.15, -0.1) is 0 Å². The monoisotopic (exact) mass is 325 g/mol. The van der Waals surface area contributed by atoms with Gasteiger partial charge in [0.2, 0.25) is 0 Å². The van der Waals surface area contributed by atoms with E-state index in [1.807, 2.05) is 18.3 Å². The topological polar surface area (TPSA) is 63.7 Å². The molecule has 6 nitrogen and oxygen atoms in total. The second-order valence-electron chi connectivity index (χ2n) is 6.13. The zero-order chi connectivity index (χ0) is 16.5. The smallest absolute Gasteiger partial charge is 0.257 e. The van der Waals surface area contributed by atoms with Crippen LogP contribution in [0.1, 0.15) is 21.5 Å². The molecular weight excluding hydrogens is 306 g/mol. The first kappa shape index (κ1) is 15.0. The van der Waals surface area contributed by atoms with Gasteiger partial charge in [-0.1, -0.05) is 0 Å². The molecule has 3 heterocycles. The highest BCUT2D eigenvalue weighted by Crippen LogP contribution is 2.33. The molecule has 2 aliphatic heterocycles. The van der Waals surface area contributed by atoms with Gasteiger partial charge in [-0.3, -0.25) is 9.78 Å². The number of carbonyl (C=O) groups is 1. The molecule has 24 heavy (non-hydrogen) atoms. The zero-order valence-electron chi connectivity index (χ0n) is 13.5. The quantitative estimate of drug-likeness (QED) is 0.916. The van der Waals surface area contributed by atoms with Crippen LogP contribution in [0.2, 0.25) is 0 Å². The SMILES string of the molecule is CN1CCc2c(cncc2C(=O)Nc2ccc3c(c2)OCCO3)C1. The second kappa shape index (κ2) is 6.13. The molecule has 0 aliphatic carbocycles. The summed E-state index contributed by atoms with van der Waals surface area (Å²) in [7, 11) is 2.07. The molecule has 0 saturated carbocycles. The summed E-state index contributed by atoms with van der Waals surface area (Å²) in [6, 6.07) is 5.43. The number of pyridine rings is 1. The molecular formula is C18H19N3O3. The predicted octanol–water partition coefficient (Wildman–Crippen LogP) is 2.09. The third kappa shape index (κ3) is 2.80. The molecule has 124 valence electrons. The van der Waals surface area contributed by atoms with Crippen LogP contribution in [-0.4, -0.2) is 42.6 Å². The van der Waals surface area contributed by atoms with Gasteiger partial charge in [0.05, 0.1) is 5.56 Å². The third-order valence-electron chi connectivity index (χ3n) is 4.38. The first-order valence-corrected chi connectivity index (χ1v) is 8.06.